The number of halogens is 1. The molecule has 0 saturated heterocycles. The zero-order valence-corrected chi connectivity index (χ0v) is 15.5. The monoisotopic (exact) mass is 389 g/mol. The topological polar surface area (TPSA) is 58.6 Å². The van der Waals surface area contributed by atoms with Crippen molar-refractivity contribution in [3.05, 3.63) is 51.0 Å². The summed E-state index contributed by atoms with van der Waals surface area (Å²) in [5.74, 6) is 0.446. The molecule has 0 radical (unpaired) electrons. The van der Waals surface area contributed by atoms with Crippen LogP contribution in [0.3, 0.4) is 0 Å². The van der Waals surface area contributed by atoms with Gasteiger partial charge in [0.05, 0.1) is 11.1 Å². The number of aromatic hydroxyl groups is 1. The van der Waals surface area contributed by atoms with Crippen LogP contribution in [0.2, 0.25) is 0 Å². The van der Waals surface area contributed by atoms with E-state index >= 15 is 0 Å². The zero-order valence-electron chi connectivity index (χ0n) is 13.9. The maximum Gasteiger partial charge on any atom is 0.225 e. The van der Waals surface area contributed by atoms with Gasteiger partial charge in [0.1, 0.15) is 0 Å². The van der Waals surface area contributed by atoms with Crippen molar-refractivity contribution in [2.45, 2.75) is 33.1 Å². The van der Waals surface area contributed by atoms with Crippen LogP contribution in [-0.4, -0.2) is 17.6 Å². The minimum Gasteiger partial charge on any atom is -0.503 e. The van der Waals surface area contributed by atoms with Crippen LogP contribution < -0.4 is 10.1 Å². The molecule has 1 amide bonds. The van der Waals surface area contributed by atoms with E-state index in [0.717, 1.165) is 22.4 Å². The molecular formula is C19H20BrNO3. The summed E-state index contributed by atoms with van der Waals surface area (Å²) < 4.78 is 6.10. The first-order valence-corrected chi connectivity index (χ1v) is 8.76. The third kappa shape index (κ3) is 3.00. The highest BCUT2D eigenvalue weighted by molar-refractivity contribution is 9.10. The molecule has 2 aromatic rings. The third-order valence-corrected chi connectivity index (χ3v) is 5.06. The zero-order chi connectivity index (χ0) is 17.4. The molecule has 2 N–H and O–H groups in total. The van der Waals surface area contributed by atoms with Gasteiger partial charge in [0.15, 0.2) is 11.5 Å². The van der Waals surface area contributed by atoms with Gasteiger partial charge in [-0.1, -0.05) is 6.07 Å². The Morgan fingerprint density at radius 3 is 2.67 bits per heavy atom. The largest absolute Gasteiger partial charge is 0.503 e. The number of anilines is 1. The van der Waals surface area contributed by atoms with Crippen LogP contribution in [0.1, 0.15) is 41.5 Å². The number of carbonyl (C=O) groups excluding carboxylic acids is 1. The number of aryl methyl sites for hydroxylation is 2. The van der Waals surface area contributed by atoms with Gasteiger partial charge < -0.3 is 15.2 Å². The summed E-state index contributed by atoms with van der Waals surface area (Å²) in [4.78, 5) is 12.2. The Labute approximate surface area is 150 Å². The summed E-state index contributed by atoms with van der Waals surface area (Å²) in [7, 11) is 0. The van der Waals surface area contributed by atoms with Crippen LogP contribution in [0.5, 0.6) is 11.5 Å². The Kier molecular flexibility index (Phi) is 4.54. The van der Waals surface area contributed by atoms with Gasteiger partial charge in [-0.2, -0.15) is 0 Å². The molecule has 3 rings (SSSR count). The second kappa shape index (κ2) is 6.48. The van der Waals surface area contributed by atoms with E-state index in [1.807, 2.05) is 32.0 Å². The molecule has 0 bridgehead atoms. The molecule has 5 heteroatoms. The molecule has 1 aliphatic rings. The van der Waals surface area contributed by atoms with Crippen molar-refractivity contribution in [3.8, 4) is 11.5 Å². The Morgan fingerprint density at radius 2 is 1.96 bits per heavy atom. The van der Waals surface area contributed by atoms with Crippen molar-refractivity contribution < 1.29 is 14.6 Å². The first-order chi connectivity index (χ1) is 11.4. The molecule has 0 aliphatic carbocycles. The van der Waals surface area contributed by atoms with Crippen LogP contribution >= 0.6 is 15.9 Å². The number of fused-ring (bicyclic) bond motifs is 1. The molecule has 1 aliphatic heterocycles. The second-order valence-corrected chi connectivity index (χ2v) is 6.97. The molecule has 2 aromatic carbocycles. The van der Waals surface area contributed by atoms with Gasteiger partial charge in [-0.05, 0) is 77.2 Å². The normalized spacial score (nSPS) is 16.5. The highest BCUT2D eigenvalue weighted by Gasteiger charge is 2.28. The smallest absolute Gasteiger partial charge is 0.225 e. The number of phenolic OH excluding ortho intramolecular Hbond substituents is 1. The maximum absolute atomic E-state index is 12.2. The van der Waals surface area contributed by atoms with Crippen LogP contribution in [0.4, 0.5) is 5.69 Å². The number of ether oxygens (including phenoxy) is 1. The minimum absolute atomic E-state index is 0.00193. The fourth-order valence-electron chi connectivity index (χ4n) is 3.09. The van der Waals surface area contributed by atoms with E-state index in [1.54, 1.807) is 0 Å². The van der Waals surface area contributed by atoms with Crippen LogP contribution in [0.15, 0.2) is 28.7 Å². The number of carbonyl (C=O) groups is 1. The van der Waals surface area contributed by atoms with Crippen molar-refractivity contribution in [1.29, 1.82) is 0 Å². The highest BCUT2D eigenvalue weighted by Crippen LogP contribution is 2.43. The molecule has 0 unspecified atom stereocenters. The lowest BCUT2D eigenvalue weighted by molar-refractivity contribution is -0.116. The first-order valence-electron chi connectivity index (χ1n) is 7.97. The van der Waals surface area contributed by atoms with Gasteiger partial charge in [0.2, 0.25) is 5.91 Å². The lowest BCUT2D eigenvalue weighted by Gasteiger charge is -2.27. The summed E-state index contributed by atoms with van der Waals surface area (Å²) in [5.41, 5.74) is 5.25. The summed E-state index contributed by atoms with van der Waals surface area (Å²) in [6.45, 7) is 6.44. The number of rotatable bonds is 3. The Hall–Kier alpha value is -2.01. The number of nitrogens with one attached hydrogen (secondary N) is 1. The quantitative estimate of drug-likeness (QED) is 0.803. The van der Waals surface area contributed by atoms with E-state index in [2.05, 4.69) is 34.2 Å². The Balaban J connectivity index is 2.14. The number of phenols is 1. The van der Waals surface area contributed by atoms with Gasteiger partial charge in [0.25, 0.3) is 0 Å². The Morgan fingerprint density at radius 1 is 1.25 bits per heavy atom. The average Bonchev–Trinajstić information content (AvgIpc) is 2.52. The molecule has 0 saturated carbocycles. The molecule has 0 fully saturated rings. The second-order valence-electron chi connectivity index (χ2n) is 6.11. The number of benzene rings is 2. The lowest BCUT2D eigenvalue weighted by Crippen LogP contribution is -2.24. The molecule has 1 atom stereocenters. The Bertz CT molecular complexity index is 817. The average molecular weight is 390 g/mol. The van der Waals surface area contributed by atoms with Crippen molar-refractivity contribution in [1.82, 2.24) is 0 Å². The van der Waals surface area contributed by atoms with E-state index in [0.29, 0.717) is 23.2 Å². The SMILES string of the molecule is CCOc1cc([C@H]2CC(=O)Nc3cc(C)c(C)cc32)cc(Br)c1O. The predicted octanol–water partition coefficient (Wildman–Crippen LogP) is 4.64. The van der Waals surface area contributed by atoms with Gasteiger partial charge in [-0.3, -0.25) is 4.79 Å². The number of hydrogen-bond donors (Lipinski definition) is 2. The number of hydrogen-bond acceptors (Lipinski definition) is 3. The molecule has 1 heterocycles. The first kappa shape index (κ1) is 16.8. The molecule has 0 spiro atoms. The van der Waals surface area contributed by atoms with E-state index in [1.165, 1.54) is 5.56 Å². The van der Waals surface area contributed by atoms with Gasteiger partial charge >= 0.3 is 0 Å². The van der Waals surface area contributed by atoms with E-state index in [4.69, 9.17) is 4.74 Å². The fraction of sp³-hybridized carbons (Fsp3) is 0.316. The molecule has 0 aromatic heterocycles. The summed E-state index contributed by atoms with van der Waals surface area (Å²) in [5, 5.41) is 13.1. The lowest BCUT2D eigenvalue weighted by atomic mass is 9.83. The third-order valence-electron chi connectivity index (χ3n) is 4.46. The highest BCUT2D eigenvalue weighted by atomic mass is 79.9. The van der Waals surface area contributed by atoms with Crippen molar-refractivity contribution in [2.24, 2.45) is 0 Å². The molecular weight excluding hydrogens is 370 g/mol. The van der Waals surface area contributed by atoms with Crippen molar-refractivity contribution in [2.75, 3.05) is 11.9 Å². The van der Waals surface area contributed by atoms with Crippen LogP contribution in [0.25, 0.3) is 0 Å². The van der Waals surface area contributed by atoms with Crippen LogP contribution in [0, 0.1) is 13.8 Å². The van der Waals surface area contributed by atoms with E-state index in [9.17, 15) is 9.90 Å². The van der Waals surface area contributed by atoms with E-state index < -0.39 is 0 Å². The van der Waals surface area contributed by atoms with Gasteiger partial charge in [0, 0.05) is 18.0 Å². The van der Waals surface area contributed by atoms with E-state index in [-0.39, 0.29) is 17.6 Å². The number of amides is 1. The van der Waals surface area contributed by atoms with Crippen LogP contribution in [-0.2, 0) is 4.79 Å². The summed E-state index contributed by atoms with van der Waals surface area (Å²) in [6.07, 6.45) is 0.373. The molecule has 24 heavy (non-hydrogen) atoms. The summed E-state index contributed by atoms with van der Waals surface area (Å²) in [6, 6.07) is 7.84. The predicted molar refractivity (Wildman–Crippen MR) is 98.0 cm³/mol. The molecule has 126 valence electrons. The molecule has 4 nitrogen and oxygen atoms in total. The maximum atomic E-state index is 12.2. The standard InChI is InChI=1S/C19H20BrNO3/c1-4-24-17-8-12(7-15(20)19(17)23)13-9-18(22)21-16-6-11(3)10(2)5-14(13)16/h5-8,13,23H,4,9H2,1-3H3,(H,21,22)/t13-/m1/s1. The van der Waals surface area contributed by atoms with Crippen molar-refractivity contribution in [3.63, 3.8) is 0 Å². The summed E-state index contributed by atoms with van der Waals surface area (Å²) >= 11 is 3.38. The van der Waals surface area contributed by atoms with Gasteiger partial charge in [-0.25, -0.2) is 0 Å². The van der Waals surface area contributed by atoms with Crippen molar-refractivity contribution >= 4 is 27.5 Å². The fourth-order valence-corrected chi connectivity index (χ4v) is 3.55. The minimum atomic E-state index is -0.0656. The van der Waals surface area contributed by atoms with Gasteiger partial charge in [-0.15, -0.1) is 0 Å².